The first kappa shape index (κ1) is 23.7. The summed E-state index contributed by atoms with van der Waals surface area (Å²) in [5.41, 5.74) is 1.15. The highest BCUT2D eigenvalue weighted by molar-refractivity contribution is 7.80. The second-order valence-electron chi connectivity index (χ2n) is 8.25. The van der Waals surface area contributed by atoms with Crippen molar-refractivity contribution in [2.24, 2.45) is 0 Å². The van der Waals surface area contributed by atoms with Crippen LogP contribution in [0.1, 0.15) is 18.4 Å². The molecule has 0 spiro atoms. The summed E-state index contributed by atoms with van der Waals surface area (Å²) in [6.07, 6.45) is 1.54. The van der Waals surface area contributed by atoms with Crippen LogP contribution in [0.2, 0.25) is 0 Å². The molecule has 3 N–H and O–H groups in total. The number of benzene rings is 1. The Kier molecular flexibility index (Phi) is 8.38. The van der Waals surface area contributed by atoms with Gasteiger partial charge >= 0.3 is 0 Å². The average Bonchev–Trinajstić information content (AvgIpc) is 2.84. The molecule has 1 aromatic carbocycles. The summed E-state index contributed by atoms with van der Waals surface area (Å²) < 4.78 is 16.7. The van der Waals surface area contributed by atoms with E-state index < -0.39 is 0 Å². The van der Waals surface area contributed by atoms with Crippen LogP contribution in [0, 0.1) is 0 Å². The smallest absolute Gasteiger partial charge is 0.253 e. The van der Waals surface area contributed by atoms with Gasteiger partial charge in [-0.2, -0.15) is 0 Å². The van der Waals surface area contributed by atoms with Gasteiger partial charge in [-0.1, -0.05) is 0 Å². The minimum Gasteiger partial charge on any atom is -0.486 e. The van der Waals surface area contributed by atoms with Crippen LogP contribution < -0.4 is 20.3 Å². The number of aliphatic hydroxyl groups is 1. The van der Waals surface area contributed by atoms with Crippen molar-refractivity contribution in [3.63, 3.8) is 0 Å². The lowest BCUT2D eigenvalue weighted by molar-refractivity contribution is 0.0376. The van der Waals surface area contributed by atoms with E-state index in [1.54, 1.807) is 6.07 Å². The predicted molar refractivity (Wildman–Crippen MR) is 130 cm³/mol. The van der Waals surface area contributed by atoms with Gasteiger partial charge in [0.15, 0.2) is 16.6 Å². The quantitative estimate of drug-likeness (QED) is 0.363. The molecule has 1 fully saturated rings. The number of nitrogens with zero attached hydrogens (tertiary/aromatic N) is 2. The topological polar surface area (TPSA) is 99.3 Å². The van der Waals surface area contributed by atoms with Gasteiger partial charge in [-0.25, -0.2) is 0 Å². The Bertz CT molecular complexity index is 1010. The lowest BCUT2D eigenvalue weighted by Crippen LogP contribution is -2.42. The van der Waals surface area contributed by atoms with E-state index in [2.05, 4.69) is 15.2 Å². The highest BCUT2D eigenvalue weighted by Crippen LogP contribution is 2.33. The van der Waals surface area contributed by atoms with E-state index >= 15 is 0 Å². The molecule has 2 aliphatic rings. The largest absolute Gasteiger partial charge is 0.486 e. The van der Waals surface area contributed by atoms with Crippen molar-refractivity contribution in [2.45, 2.75) is 19.4 Å². The number of thiocarbonyl (C=S) groups is 1. The van der Waals surface area contributed by atoms with Gasteiger partial charge in [0.25, 0.3) is 5.56 Å². The summed E-state index contributed by atoms with van der Waals surface area (Å²) >= 11 is 5.63. The summed E-state index contributed by atoms with van der Waals surface area (Å²) in [7, 11) is 0. The van der Waals surface area contributed by atoms with E-state index in [0.717, 1.165) is 51.2 Å². The molecule has 0 saturated carbocycles. The number of morpholine rings is 1. The number of nitrogens with one attached hydrogen (secondary N) is 2. The number of hydrogen-bond donors (Lipinski definition) is 3. The molecule has 0 radical (unpaired) electrons. The van der Waals surface area contributed by atoms with Gasteiger partial charge in [-0.05, 0) is 43.7 Å². The van der Waals surface area contributed by atoms with Crippen LogP contribution in [0.4, 0.5) is 0 Å². The molecule has 0 amide bonds. The minimum absolute atomic E-state index is 0.0632. The lowest BCUT2D eigenvalue weighted by atomic mass is 10.1. The van der Waals surface area contributed by atoms with Gasteiger partial charge < -0.3 is 34.5 Å². The molecule has 3 heterocycles. The van der Waals surface area contributed by atoms with Crippen LogP contribution in [-0.4, -0.2) is 90.8 Å². The zero-order chi connectivity index (χ0) is 23.0. The summed E-state index contributed by atoms with van der Waals surface area (Å²) in [5.74, 6) is 1.32. The molecule has 0 atom stereocenters. The van der Waals surface area contributed by atoms with Crippen LogP contribution >= 0.6 is 12.2 Å². The fraction of sp³-hybridized carbons (Fsp3) is 0.565. The molecule has 33 heavy (non-hydrogen) atoms. The molecule has 1 aromatic heterocycles. The third-order valence-electron chi connectivity index (χ3n) is 5.85. The van der Waals surface area contributed by atoms with Gasteiger partial charge in [0.05, 0.1) is 25.3 Å². The third kappa shape index (κ3) is 6.35. The number of pyridine rings is 1. The van der Waals surface area contributed by atoms with Gasteiger partial charge in [-0.15, -0.1) is 0 Å². The molecule has 180 valence electrons. The highest BCUT2D eigenvalue weighted by atomic mass is 32.1. The Hall–Kier alpha value is -2.40. The second-order valence-corrected chi connectivity index (χ2v) is 8.63. The van der Waals surface area contributed by atoms with Gasteiger partial charge in [-0.3, -0.25) is 9.69 Å². The highest BCUT2D eigenvalue weighted by Gasteiger charge is 2.17. The van der Waals surface area contributed by atoms with Crippen molar-refractivity contribution in [3.05, 3.63) is 34.1 Å². The molecule has 2 aromatic rings. The fourth-order valence-electron chi connectivity index (χ4n) is 4.06. The van der Waals surface area contributed by atoms with Gasteiger partial charge in [0.2, 0.25) is 0 Å². The molecule has 0 bridgehead atoms. The molecular formula is C23H32N4O5S. The standard InChI is InChI=1S/C23H32N4O5S/c28-8-2-5-27(23(33)24-3-1-4-26-6-9-30-10-7-26)16-18-13-17-14-20-21(32-12-11-31-20)15-19(17)25-22(18)29/h13-15,28H,1-12,16H2,(H,24,33)(H,25,29). The number of aliphatic hydroxyl groups excluding tert-OH is 1. The molecule has 0 aliphatic carbocycles. The SMILES string of the molecule is O=c1[nH]c2cc3c(cc2cc1CN(CCCO)C(=S)NCCCN1CCOCC1)OCCO3. The number of ether oxygens (including phenoxy) is 3. The Morgan fingerprint density at radius 3 is 2.64 bits per heavy atom. The number of fused-ring (bicyclic) bond motifs is 2. The van der Waals surface area contributed by atoms with Gasteiger partial charge in [0, 0.05) is 49.8 Å². The Balaban J connectivity index is 1.40. The van der Waals surface area contributed by atoms with Crippen molar-refractivity contribution >= 4 is 28.2 Å². The zero-order valence-corrected chi connectivity index (χ0v) is 19.6. The van der Waals surface area contributed by atoms with E-state index in [4.69, 9.17) is 26.4 Å². The zero-order valence-electron chi connectivity index (χ0n) is 18.8. The van der Waals surface area contributed by atoms with Crippen molar-refractivity contribution < 1.29 is 19.3 Å². The van der Waals surface area contributed by atoms with Crippen LogP contribution in [0.25, 0.3) is 10.9 Å². The van der Waals surface area contributed by atoms with Crippen molar-refractivity contribution in [1.82, 2.24) is 20.1 Å². The van der Waals surface area contributed by atoms with E-state index in [1.807, 2.05) is 17.0 Å². The van der Waals surface area contributed by atoms with Crippen LogP contribution in [0.15, 0.2) is 23.0 Å². The molecule has 4 rings (SSSR count). The number of rotatable bonds is 9. The lowest BCUT2D eigenvalue weighted by Gasteiger charge is -2.28. The molecule has 2 aliphatic heterocycles. The van der Waals surface area contributed by atoms with Gasteiger partial charge in [0.1, 0.15) is 13.2 Å². The summed E-state index contributed by atoms with van der Waals surface area (Å²) in [6, 6.07) is 5.57. The molecule has 10 heteroatoms. The van der Waals surface area contributed by atoms with Crippen molar-refractivity contribution in [3.8, 4) is 11.5 Å². The molecule has 9 nitrogen and oxygen atoms in total. The minimum atomic E-state index is -0.164. The first-order valence-corrected chi connectivity index (χ1v) is 11.9. The normalized spacial score (nSPS) is 16.0. The molecular weight excluding hydrogens is 444 g/mol. The third-order valence-corrected chi connectivity index (χ3v) is 6.25. The molecule has 1 saturated heterocycles. The first-order chi connectivity index (χ1) is 16.1. The Morgan fingerprint density at radius 2 is 1.88 bits per heavy atom. The number of aromatic amines is 1. The van der Waals surface area contributed by atoms with E-state index in [0.29, 0.717) is 60.4 Å². The summed E-state index contributed by atoms with van der Waals surface area (Å²) in [5, 5.41) is 14.1. The van der Waals surface area contributed by atoms with Crippen LogP contribution in [0.3, 0.4) is 0 Å². The first-order valence-electron chi connectivity index (χ1n) is 11.5. The maximum absolute atomic E-state index is 12.8. The van der Waals surface area contributed by atoms with Crippen molar-refractivity contribution in [1.29, 1.82) is 0 Å². The number of aromatic nitrogens is 1. The van der Waals surface area contributed by atoms with Crippen LogP contribution in [0.5, 0.6) is 11.5 Å². The number of hydrogen-bond acceptors (Lipinski definition) is 7. The predicted octanol–water partition coefficient (Wildman–Crippen LogP) is 1.08. The van der Waals surface area contributed by atoms with E-state index in [9.17, 15) is 9.90 Å². The second kappa shape index (κ2) is 11.6. The molecule has 0 unspecified atom stereocenters. The monoisotopic (exact) mass is 476 g/mol. The average molecular weight is 477 g/mol. The van der Waals surface area contributed by atoms with Crippen LogP contribution in [-0.2, 0) is 11.3 Å². The fourth-order valence-corrected chi connectivity index (χ4v) is 4.32. The summed E-state index contributed by atoms with van der Waals surface area (Å²) in [6.45, 7) is 7.27. The maximum Gasteiger partial charge on any atom is 0.253 e. The van der Waals surface area contributed by atoms with E-state index in [1.165, 1.54) is 0 Å². The maximum atomic E-state index is 12.8. The van der Waals surface area contributed by atoms with Crippen molar-refractivity contribution in [2.75, 3.05) is 65.8 Å². The summed E-state index contributed by atoms with van der Waals surface area (Å²) in [4.78, 5) is 20.1. The number of H-pyrrole nitrogens is 1. The Labute approximate surface area is 198 Å². The van der Waals surface area contributed by atoms with E-state index in [-0.39, 0.29) is 12.2 Å². The Morgan fingerprint density at radius 1 is 1.12 bits per heavy atom.